The third kappa shape index (κ3) is 4.75. The van der Waals surface area contributed by atoms with Gasteiger partial charge in [-0.25, -0.2) is 4.79 Å². The Labute approximate surface area is 257 Å². The Morgan fingerprint density at radius 1 is 0.884 bits per heavy atom. The highest BCUT2D eigenvalue weighted by Crippen LogP contribution is 2.59. The molecule has 6 nitrogen and oxygen atoms in total. The molecular weight excluding hydrogens is 532 g/mol. The lowest BCUT2D eigenvalue weighted by atomic mass is 9.49. The number of hydrogen-bond acceptors (Lipinski definition) is 4. The Hall–Kier alpha value is -2.99. The molecule has 2 aromatic carbocycles. The highest BCUT2D eigenvalue weighted by molar-refractivity contribution is 5.92. The zero-order chi connectivity index (χ0) is 30.8. The van der Waals surface area contributed by atoms with Gasteiger partial charge in [0.25, 0.3) is 0 Å². The van der Waals surface area contributed by atoms with Crippen molar-refractivity contribution in [1.29, 1.82) is 0 Å². The highest BCUT2D eigenvalue weighted by atomic mass is 16.2. The fraction of sp³-hybridized carbons (Fsp3) is 0.595. The molecule has 5 N–H and O–H groups in total. The second kappa shape index (κ2) is 10.6. The highest BCUT2D eigenvalue weighted by Gasteiger charge is 2.59. The quantitative estimate of drug-likeness (QED) is 0.229. The number of carbonyl (C=O) groups excluding carboxylic acids is 2. The SMILES string of the molecule is C[N+](=C[C@@]1(C)CCCC2(C)c3cc(NC(=O)CN)ccc3CCC21)C(=O)[C@@]1(C)CCCC2(C)c3cc(N)ccc3CCC21. The van der Waals surface area contributed by atoms with Crippen LogP contribution in [0.25, 0.3) is 0 Å². The summed E-state index contributed by atoms with van der Waals surface area (Å²) in [6, 6.07) is 12.8. The molecule has 4 unspecified atom stereocenters. The minimum absolute atomic E-state index is 0.0231. The van der Waals surface area contributed by atoms with E-state index in [9.17, 15) is 9.59 Å². The maximum absolute atomic E-state index is 14.6. The summed E-state index contributed by atoms with van der Waals surface area (Å²) in [5.41, 5.74) is 18.4. The van der Waals surface area contributed by atoms with Gasteiger partial charge in [0, 0.05) is 16.8 Å². The number of hydrogen-bond donors (Lipinski definition) is 3. The summed E-state index contributed by atoms with van der Waals surface area (Å²) in [6.45, 7) is 9.42. The largest absolute Gasteiger partial charge is 0.399 e. The van der Waals surface area contributed by atoms with Crippen LogP contribution in [0.15, 0.2) is 36.4 Å². The van der Waals surface area contributed by atoms with Gasteiger partial charge in [-0.1, -0.05) is 45.7 Å². The van der Waals surface area contributed by atoms with Crippen LogP contribution in [0.1, 0.15) is 101 Å². The minimum Gasteiger partial charge on any atom is -0.399 e. The van der Waals surface area contributed by atoms with Gasteiger partial charge in [-0.15, -0.1) is 0 Å². The van der Waals surface area contributed by atoms with Crippen molar-refractivity contribution in [2.24, 2.45) is 28.4 Å². The van der Waals surface area contributed by atoms with Crippen molar-refractivity contribution >= 4 is 29.4 Å². The fourth-order valence-electron chi connectivity index (χ4n) is 10.6. The van der Waals surface area contributed by atoms with E-state index in [1.165, 1.54) is 22.3 Å². The summed E-state index contributed by atoms with van der Waals surface area (Å²) >= 11 is 0. The van der Waals surface area contributed by atoms with Crippen LogP contribution < -0.4 is 16.8 Å². The Kier molecular flexibility index (Phi) is 7.39. The molecule has 0 bridgehead atoms. The first-order valence-electron chi connectivity index (χ1n) is 16.5. The van der Waals surface area contributed by atoms with Gasteiger partial charge in [-0.3, -0.25) is 4.79 Å². The maximum Gasteiger partial charge on any atom is 0.392 e. The Morgan fingerprint density at radius 3 is 2.19 bits per heavy atom. The molecule has 0 aromatic heterocycles. The summed E-state index contributed by atoms with van der Waals surface area (Å²) in [7, 11) is 2.02. The first-order valence-corrected chi connectivity index (χ1v) is 16.5. The van der Waals surface area contributed by atoms with Crippen LogP contribution >= 0.6 is 0 Å². The minimum atomic E-state index is -0.413. The molecule has 43 heavy (non-hydrogen) atoms. The number of nitrogens with one attached hydrogen (secondary N) is 1. The van der Waals surface area contributed by atoms with Gasteiger partial charge in [0.05, 0.1) is 12.0 Å². The third-order valence-electron chi connectivity index (χ3n) is 12.6. The van der Waals surface area contributed by atoms with Crippen molar-refractivity contribution in [3.05, 3.63) is 58.7 Å². The molecule has 6 heteroatoms. The summed E-state index contributed by atoms with van der Waals surface area (Å²) in [5.74, 6) is 0.800. The zero-order valence-corrected chi connectivity index (χ0v) is 26.9. The Bertz CT molecular complexity index is 1500. The molecular formula is C37H51N4O2+. The monoisotopic (exact) mass is 583 g/mol. The summed E-state index contributed by atoms with van der Waals surface area (Å²) in [4.78, 5) is 26.7. The number of anilines is 2. The van der Waals surface area contributed by atoms with E-state index in [1.807, 2.05) is 23.8 Å². The molecule has 0 radical (unpaired) electrons. The molecule has 2 fully saturated rings. The second-order valence-electron chi connectivity index (χ2n) is 15.2. The number of nitrogen functional groups attached to an aromatic ring is 1. The van der Waals surface area contributed by atoms with Gasteiger partial charge >= 0.3 is 5.91 Å². The summed E-state index contributed by atoms with van der Waals surface area (Å²) < 4.78 is 2.00. The lowest BCUT2D eigenvalue weighted by molar-refractivity contribution is -0.431. The molecule has 4 aliphatic rings. The third-order valence-corrected chi connectivity index (χ3v) is 12.6. The van der Waals surface area contributed by atoms with Gasteiger partial charge in [0.15, 0.2) is 6.21 Å². The number of rotatable bonds is 4. The molecule has 2 saturated carbocycles. The van der Waals surface area contributed by atoms with Crippen LogP contribution in [0, 0.1) is 22.7 Å². The van der Waals surface area contributed by atoms with E-state index < -0.39 is 5.41 Å². The van der Waals surface area contributed by atoms with E-state index in [1.54, 1.807) is 0 Å². The molecule has 0 spiro atoms. The van der Waals surface area contributed by atoms with Crippen molar-refractivity contribution in [2.45, 2.75) is 103 Å². The average molecular weight is 584 g/mol. The van der Waals surface area contributed by atoms with E-state index >= 15 is 0 Å². The number of nitrogens with two attached hydrogens (primary N) is 2. The number of amides is 2. The maximum atomic E-state index is 14.6. The molecule has 6 atom stereocenters. The van der Waals surface area contributed by atoms with E-state index in [-0.39, 0.29) is 34.6 Å². The summed E-state index contributed by atoms with van der Waals surface area (Å²) in [6.07, 6.45) is 12.9. The van der Waals surface area contributed by atoms with Crippen molar-refractivity contribution in [3.8, 4) is 0 Å². The molecule has 0 aliphatic heterocycles. The average Bonchev–Trinajstić information content (AvgIpc) is 2.97. The number of fused-ring (bicyclic) bond motifs is 6. The number of benzene rings is 2. The number of carbonyl (C=O) groups is 2. The number of aryl methyl sites for hydroxylation is 2. The van der Waals surface area contributed by atoms with Crippen molar-refractivity contribution in [3.63, 3.8) is 0 Å². The van der Waals surface area contributed by atoms with Gasteiger partial charge in [-0.05, 0) is 127 Å². The van der Waals surface area contributed by atoms with Gasteiger partial charge < -0.3 is 16.8 Å². The van der Waals surface area contributed by atoms with Gasteiger partial charge in [0.1, 0.15) is 7.05 Å². The molecule has 230 valence electrons. The van der Waals surface area contributed by atoms with Crippen molar-refractivity contribution in [1.82, 2.24) is 0 Å². The zero-order valence-electron chi connectivity index (χ0n) is 26.9. The molecule has 4 aliphatic carbocycles. The van der Waals surface area contributed by atoms with Gasteiger partial charge in [0.2, 0.25) is 5.91 Å². The Balaban J connectivity index is 1.32. The van der Waals surface area contributed by atoms with E-state index in [0.29, 0.717) is 11.8 Å². The number of nitrogens with zero attached hydrogens (tertiary/aromatic N) is 1. The first kappa shape index (κ1) is 30.1. The van der Waals surface area contributed by atoms with Crippen LogP contribution in [-0.4, -0.2) is 36.2 Å². The van der Waals surface area contributed by atoms with Gasteiger partial charge in [-0.2, -0.15) is 4.58 Å². The predicted molar refractivity (Wildman–Crippen MR) is 174 cm³/mol. The molecule has 0 saturated heterocycles. The predicted octanol–water partition coefficient (Wildman–Crippen LogP) is 6.13. The lowest BCUT2D eigenvalue weighted by Crippen LogP contribution is -2.55. The summed E-state index contributed by atoms with van der Waals surface area (Å²) in [5, 5.41) is 2.97. The Morgan fingerprint density at radius 2 is 1.49 bits per heavy atom. The molecule has 2 amide bonds. The molecule has 2 aromatic rings. The van der Waals surface area contributed by atoms with E-state index in [2.05, 4.69) is 63.5 Å². The molecule has 6 rings (SSSR count). The van der Waals surface area contributed by atoms with Crippen LogP contribution in [0.5, 0.6) is 0 Å². The topological polar surface area (TPSA) is 101 Å². The van der Waals surface area contributed by atoms with E-state index in [4.69, 9.17) is 11.5 Å². The van der Waals surface area contributed by atoms with Crippen molar-refractivity contribution in [2.75, 3.05) is 24.6 Å². The smallest absolute Gasteiger partial charge is 0.392 e. The first-order chi connectivity index (χ1) is 20.3. The van der Waals surface area contributed by atoms with Crippen molar-refractivity contribution < 1.29 is 14.2 Å². The van der Waals surface area contributed by atoms with Crippen LogP contribution in [0.3, 0.4) is 0 Å². The van der Waals surface area contributed by atoms with Crippen LogP contribution in [0.4, 0.5) is 11.4 Å². The molecule has 0 heterocycles. The second-order valence-corrected chi connectivity index (χ2v) is 15.2. The standard InChI is InChI=1S/C37H50N4O2/c1-34(16-6-17-35(2)29-21-27(40-32(42)22-38)13-9-25(29)10-14-30(34)35)23-41(5)33(43)37(4)19-7-18-36(3)28-20-26(39)12-8-24(28)11-15-31(36)37/h8-9,12-13,20-21,23,30-31H,6-7,10-11,14-19,22,38-39H2,1-5H3/p+1/t30?,31?,34-,35?,36?,37+/m1/s1. The van der Waals surface area contributed by atoms with Crippen LogP contribution in [-0.2, 0) is 33.3 Å². The fourth-order valence-corrected chi connectivity index (χ4v) is 10.6. The normalized spacial score (nSPS) is 35.2. The van der Waals surface area contributed by atoms with Crippen LogP contribution in [0.2, 0.25) is 0 Å². The lowest BCUT2D eigenvalue weighted by Gasteiger charge is -2.54. The van der Waals surface area contributed by atoms with E-state index in [0.717, 1.165) is 75.6 Å².